The number of amides is 3. The van der Waals surface area contributed by atoms with E-state index in [1.54, 1.807) is 4.90 Å². The Morgan fingerprint density at radius 3 is 2.31 bits per heavy atom. The highest BCUT2D eigenvalue weighted by molar-refractivity contribution is 7.89. The van der Waals surface area contributed by atoms with Gasteiger partial charge in [0.15, 0.2) is 6.61 Å². The fourth-order valence-corrected chi connectivity index (χ4v) is 3.73. The Balaban J connectivity index is 1.58. The molecule has 0 N–H and O–H groups in total. The SMILES string of the molecule is CN(C)S(=O)(=O)c1ccc(C(=O)N2CC(CN3C(=O)COC3=O)C2)cc1. The van der Waals surface area contributed by atoms with Gasteiger partial charge in [-0.25, -0.2) is 22.4 Å². The van der Waals surface area contributed by atoms with Gasteiger partial charge >= 0.3 is 6.09 Å². The van der Waals surface area contributed by atoms with Crippen molar-refractivity contribution in [3.63, 3.8) is 0 Å². The first kappa shape index (κ1) is 18.3. The molecule has 140 valence electrons. The van der Waals surface area contributed by atoms with Gasteiger partial charge in [0.25, 0.3) is 11.8 Å². The molecule has 2 heterocycles. The highest BCUT2D eigenvalue weighted by Gasteiger charge is 2.38. The summed E-state index contributed by atoms with van der Waals surface area (Å²) in [5.41, 5.74) is 0.387. The van der Waals surface area contributed by atoms with Gasteiger partial charge in [0.2, 0.25) is 10.0 Å². The van der Waals surface area contributed by atoms with Gasteiger partial charge in [-0.2, -0.15) is 0 Å². The molecule has 0 spiro atoms. The molecule has 26 heavy (non-hydrogen) atoms. The number of likely N-dealkylation sites (tertiary alicyclic amines) is 1. The average molecular weight is 381 g/mol. The van der Waals surface area contributed by atoms with Crippen molar-refractivity contribution in [3.8, 4) is 0 Å². The maximum absolute atomic E-state index is 12.4. The largest absolute Gasteiger partial charge is 0.439 e. The first-order valence-electron chi connectivity index (χ1n) is 7.99. The maximum Gasteiger partial charge on any atom is 0.417 e. The van der Waals surface area contributed by atoms with E-state index in [2.05, 4.69) is 4.74 Å². The summed E-state index contributed by atoms with van der Waals surface area (Å²) in [6.45, 7) is 0.860. The number of cyclic esters (lactones) is 1. The zero-order chi connectivity index (χ0) is 19.1. The molecule has 2 saturated heterocycles. The van der Waals surface area contributed by atoms with E-state index in [4.69, 9.17) is 0 Å². The minimum Gasteiger partial charge on any atom is -0.439 e. The van der Waals surface area contributed by atoms with Crippen LogP contribution in [0.5, 0.6) is 0 Å². The molecule has 10 heteroatoms. The third-order valence-corrected chi connectivity index (χ3v) is 6.23. The number of hydrogen-bond donors (Lipinski definition) is 0. The van der Waals surface area contributed by atoms with E-state index in [9.17, 15) is 22.8 Å². The summed E-state index contributed by atoms with van der Waals surface area (Å²) in [7, 11) is -0.657. The third-order valence-electron chi connectivity index (χ3n) is 4.41. The Kier molecular flexibility index (Phi) is 4.72. The summed E-state index contributed by atoms with van der Waals surface area (Å²) in [6, 6.07) is 5.76. The molecule has 0 radical (unpaired) electrons. The van der Waals surface area contributed by atoms with Crippen molar-refractivity contribution in [2.45, 2.75) is 4.90 Å². The van der Waals surface area contributed by atoms with Crippen LogP contribution in [0.25, 0.3) is 0 Å². The lowest BCUT2D eigenvalue weighted by molar-refractivity contribution is -0.126. The number of nitrogens with zero attached hydrogens (tertiary/aromatic N) is 3. The lowest BCUT2D eigenvalue weighted by Gasteiger charge is -2.40. The topological polar surface area (TPSA) is 104 Å². The number of ether oxygens (including phenoxy) is 1. The van der Waals surface area contributed by atoms with Gasteiger partial charge < -0.3 is 9.64 Å². The van der Waals surface area contributed by atoms with Crippen molar-refractivity contribution in [3.05, 3.63) is 29.8 Å². The summed E-state index contributed by atoms with van der Waals surface area (Å²) in [4.78, 5) is 38.1. The van der Waals surface area contributed by atoms with Crippen LogP contribution in [0.15, 0.2) is 29.2 Å². The van der Waals surface area contributed by atoms with Crippen molar-refractivity contribution in [2.75, 3.05) is 40.3 Å². The molecule has 0 bridgehead atoms. The monoisotopic (exact) mass is 381 g/mol. The highest BCUT2D eigenvalue weighted by atomic mass is 32.2. The molecular weight excluding hydrogens is 362 g/mol. The van der Waals surface area contributed by atoms with Crippen LogP contribution in [-0.2, 0) is 19.6 Å². The second-order valence-corrected chi connectivity index (χ2v) is 8.60. The van der Waals surface area contributed by atoms with Gasteiger partial charge in [-0.3, -0.25) is 9.59 Å². The normalized spacial score (nSPS) is 18.3. The van der Waals surface area contributed by atoms with E-state index in [0.717, 1.165) is 9.21 Å². The predicted molar refractivity (Wildman–Crippen MR) is 89.8 cm³/mol. The summed E-state index contributed by atoms with van der Waals surface area (Å²) < 4.78 is 29.8. The molecule has 0 atom stereocenters. The average Bonchev–Trinajstić information content (AvgIpc) is 2.88. The minimum absolute atomic E-state index is 0.0157. The molecule has 0 saturated carbocycles. The molecule has 9 nitrogen and oxygen atoms in total. The van der Waals surface area contributed by atoms with Gasteiger partial charge in [0.05, 0.1) is 4.90 Å². The van der Waals surface area contributed by atoms with Crippen LogP contribution < -0.4 is 0 Å². The summed E-state index contributed by atoms with van der Waals surface area (Å²) in [6.07, 6.45) is -0.641. The first-order chi connectivity index (χ1) is 12.2. The molecule has 0 aromatic heterocycles. The smallest absolute Gasteiger partial charge is 0.417 e. The van der Waals surface area contributed by atoms with Gasteiger partial charge in [0, 0.05) is 45.2 Å². The predicted octanol–water partition coefficient (Wildman–Crippen LogP) is -0.0123. The minimum atomic E-state index is -3.54. The van der Waals surface area contributed by atoms with Crippen molar-refractivity contribution in [1.82, 2.24) is 14.1 Å². The Labute approximate surface area is 151 Å². The van der Waals surface area contributed by atoms with Crippen LogP contribution in [0.4, 0.5) is 4.79 Å². The van der Waals surface area contributed by atoms with E-state index < -0.39 is 16.1 Å². The van der Waals surface area contributed by atoms with E-state index in [-0.39, 0.29) is 35.8 Å². The maximum atomic E-state index is 12.4. The number of rotatable bonds is 5. The van der Waals surface area contributed by atoms with Crippen LogP contribution in [0, 0.1) is 5.92 Å². The molecule has 3 rings (SSSR count). The number of carbonyl (C=O) groups is 3. The van der Waals surface area contributed by atoms with Crippen LogP contribution in [-0.4, -0.2) is 80.8 Å². The standard InChI is InChI=1S/C16H19N3O6S/c1-17(2)26(23,24)13-5-3-12(4-6-13)15(21)18-7-11(8-18)9-19-14(20)10-25-16(19)22/h3-6,11H,7-10H2,1-2H3. The number of imide groups is 1. The quantitative estimate of drug-likeness (QED) is 0.710. The Morgan fingerprint density at radius 2 is 1.81 bits per heavy atom. The van der Waals surface area contributed by atoms with E-state index in [1.165, 1.54) is 38.4 Å². The number of hydrogen-bond acceptors (Lipinski definition) is 6. The third kappa shape index (κ3) is 3.29. The number of benzene rings is 1. The summed E-state index contributed by atoms with van der Waals surface area (Å²) in [5, 5.41) is 0. The van der Waals surface area contributed by atoms with Crippen LogP contribution in [0.1, 0.15) is 10.4 Å². The van der Waals surface area contributed by atoms with Crippen molar-refractivity contribution in [2.24, 2.45) is 5.92 Å². The molecule has 3 amide bonds. The zero-order valence-electron chi connectivity index (χ0n) is 14.4. The van der Waals surface area contributed by atoms with Gasteiger partial charge in [-0.1, -0.05) is 0 Å². The Bertz CT molecular complexity index is 827. The molecule has 0 aliphatic carbocycles. The van der Waals surface area contributed by atoms with Gasteiger partial charge in [0.1, 0.15) is 0 Å². The molecule has 1 aromatic carbocycles. The Hall–Kier alpha value is -2.46. The van der Waals surface area contributed by atoms with Crippen molar-refractivity contribution >= 4 is 27.9 Å². The summed E-state index contributed by atoms with van der Waals surface area (Å²) >= 11 is 0. The first-order valence-corrected chi connectivity index (χ1v) is 9.43. The fourth-order valence-electron chi connectivity index (χ4n) is 2.83. The van der Waals surface area contributed by atoms with Crippen molar-refractivity contribution < 1.29 is 27.5 Å². The fraction of sp³-hybridized carbons (Fsp3) is 0.438. The van der Waals surface area contributed by atoms with Crippen LogP contribution in [0.2, 0.25) is 0 Å². The van der Waals surface area contributed by atoms with E-state index in [0.29, 0.717) is 18.7 Å². The van der Waals surface area contributed by atoms with Gasteiger partial charge in [-0.05, 0) is 24.3 Å². The van der Waals surface area contributed by atoms with Gasteiger partial charge in [-0.15, -0.1) is 0 Å². The lowest BCUT2D eigenvalue weighted by atomic mass is 9.98. The number of sulfonamides is 1. The molecule has 2 aliphatic heterocycles. The summed E-state index contributed by atoms with van der Waals surface area (Å²) in [5.74, 6) is -0.565. The molecule has 0 unspecified atom stereocenters. The highest BCUT2D eigenvalue weighted by Crippen LogP contribution is 2.22. The number of carbonyl (C=O) groups excluding carboxylic acids is 3. The second-order valence-electron chi connectivity index (χ2n) is 6.45. The van der Waals surface area contributed by atoms with Crippen LogP contribution >= 0.6 is 0 Å². The second kappa shape index (κ2) is 6.69. The molecule has 1 aromatic rings. The van der Waals surface area contributed by atoms with Crippen LogP contribution in [0.3, 0.4) is 0 Å². The van der Waals surface area contributed by atoms with E-state index >= 15 is 0 Å². The lowest BCUT2D eigenvalue weighted by Crippen LogP contribution is -2.54. The molecule has 2 aliphatic rings. The zero-order valence-corrected chi connectivity index (χ0v) is 15.2. The Morgan fingerprint density at radius 1 is 1.19 bits per heavy atom. The molecule has 2 fully saturated rings. The molecular formula is C16H19N3O6S. The van der Waals surface area contributed by atoms with Crippen molar-refractivity contribution in [1.29, 1.82) is 0 Å². The van der Waals surface area contributed by atoms with E-state index in [1.807, 2.05) is 0 Å².